The van der Waals surface area contributed by atoms with Gasteiger partial charge in [-0.05, 0) is 24.3 Å². The minimum Gasteiger partial charge on any atom is -0.391 e. The molecule has 1 unspecified atom stereocenters. The lowest BCUT2D eigenvalue weighted by Crippen LogP contribution is -2.36. The molecule has 0 spiro atoms. The first-order valence-corrected chi connectivity index (χ1v) is 12.2. The van der Waals surface area contributed by atoms with Gasteiger partial charge in [-0.25, -0.2) is 9.97 Å². The van der Waals surface area contributed by atoms with Gasteiger partial charge in [-0.2, -0.15) is 0 Å². The van der Waals surface area contributed by atoms with Crippen LogP contribution in [0.25, 0.3) is 21.3 Å². The maximum Gasteiger partial charge on any atom is 0.146 e. The Hall–Kier alpha value is -2.06. The predicted molar refractivity (Wildman–Crippen MR) is 125 cm³/mol. The Bertz CT molecular complexity index is 997. The number of benzene rings is 1. The molecule has 2 aromatic heterocycles. The molecule has 0 amide bonds. The number of fused-ring (bicyclic) bond motifs is 1. The second kappa shape index (κ2) is 9.61. The van der Waals surface area contributed by atoms with Gasteiger partial charge in [-0.3, -0.25) is 4.90 Å². The Balaban J connectivity index is 1.46. The van der Waals surface area contributed by atoms with Gasteiger partial charge in [-0.15, -0.1) is 11.3 Å². The second-order valence-electron chi connectivity index (χ2n) is 8.57. The number of thiophene rings is 1. The molecule has 0 radical (unpaired) electrons. The van der Waals surface area contributed by atoms with Crippen molar-refractivity contribution in [2.45, 2.75) is 38.3 Å². The number of hydrogen-bond acceptors (Lipinski definition) is 7. The van der Waals surface area contributed by atoms with Crippen LogP contribution in [-0.4, -0.2) is 58.9 Å². The van der Waals surface area contributed by atoms with Crippen LogP contribution in [0, 0.1) is 5.92 Å². The fraction of sp³-hybridized carbons (Fsp3) is 0.500. The van der Waals surface area contributed by atoms with E-state index in [9.17, 15) is 5.11 Å². The van der Waals surface area contributed by atoms with Gasteiger partial charge in [0.15, 0.2) is 0 Å². The van der Waals surface area contributed by atoms with Gasteiger partial charge in [0.2, 0.25) is 0 Å². The first-order valence-electron chi connectivity index (χ1n) is 11.3. The van der Waals surface area contributed by atoms with Crippen molar-refractivity contribution in [1.82, 2.24) is 14.9 Å². The topological polar surface area (TPSA) is 70.5 Å². The van der Waals surface area contributed by atoms with E-state index >= 15 is 0 Å². The van der Waals surface area contributed by atoms with E-state index in [1.165, 1.54) is 12.8 Å². The van der Waals surface area contributed by atoms with Crippen molar-refractivity contribution in [1.29, 1.82) is 0 Å². The monoisotopic (exact) mass is 438 g/mol. The first-order chi connectivity index (χ1) is 15.3. The van der Waals surface area contributed by atoms with Crippen molar-refractivity contribution in [2.24, 2.45) is 5.92 Å². The summed E-state index contributed by atoms with van der Waals surface area (Å²) < 4.78 is 5.48. The van der Waals surface area contributed by atoms with Crippen molar-refractivity contribution in [3.8, 4) is 11.1 Å². The van der Waals surface area contributed by atoms with E-state index < -0.39 is 0 Å². The molecule has 31 heavy (non-hydrogen) atoms. The number of aliphatic hydroxyl groups excluding tert-OH is 1. The summed E-state index contributed by atoms with van der Waals surface area (Å²) in [6, 6.07) is 10.4. The van der Waals surface area contributed by atoms with Crippen LogP contribution >= 0.6 is 11.3 Å². The van der Waals surface area contributed by atoms with Gasteiger partial charge < -0.3 is 15.2 Å². The quantitative estimate of drug-likeness (QED) is 0.577. The van der Waals surface area contributed by atoms with Gasteiger partial charge in [0, 0.05) is 30.6 Å². The number of rotatable bonds is 7. The lowest BCUT2D eigenvalue weighted by atomic mass is 10.0. The summed E-state index contributed by atoms with van der Waals surface area (Å²) in [7, 11) is 0. The fourth-order valence-electron chi connectivity index (χ4n) is 4.68. The van der Waals surface area contributed by atoms with E-state index in [2.05, 4.69) is 39.9 Å². The average molecular weight is 439 g/mol. The Morgan fingerprint density at radius 2 is 1.90 bits per heavy atom. The van der Waals surface area contributed by atoms with Crippen LogP contribution in [0.4, 0.5) is 5.82 Å². The molecule has 1 saturated carbocycles. The van der Waals surface area contributed by atoms with Crippen LogP contribution in [0.2, 0.25) is 0 Å². The average Bonchev–Trinajstić information content (AvgIpc) is 3.49. The van der Waals surface area contributed by atoms with Crippen molar-refractivity contribution in [2.75, 3.05) is 38.2 Å². The van der Waals surface area contributed by atoms with Crippen LogP contribution in [0.5, 0.6) is 0 Å². The molecule has 2 N–H and O–H groups in total. The SMILES string of the molecule is OC(CNc1nc(CN2CCOCC2)nc2scc(-c3ccccc3)c12)C1CCCC1. The third-order valence-corrected chi connectivity index (χ3v) is 7.33. The molecule has 1 aliphatic carbocycles. The summed E-state index contributed by atoms with van der Waals surface area (Å²) >= 11 is 1.66. The van der Waals surface area contributed by atoms with Crippen LogP contribution < -0.4 is 5.32 Å². The van der Waals surface area contributed by atoms with Gasteiger partial charge in [0.05, 0.1) is 31.2 Å². The molecule has 3 heterocycles. The van der Waals surface area contributed by atoms with E-state index in [-0.39, 0.29) is 6.10 Å². The van der Waals surface area contributed by atoms with Gasteiger partial charge in [-0.1, -0.05) is 43.2 Å². The third-order valence-electron chi connectivity index (χ3n) is 6.46. The molecule has 1 aliphatic heterocycles. The summed E-state index contributed by atoms with van der Waals surface area (Å²) in [4.78, 5) is 13.2. The molecule has 6 nitrogen and oxygen atoms in total. The van der Waals surface area contributed by atoms with Crippen molar-refractivity contribution >= 4 is 27.4 Å². The molecular formula is C24H30N4O2S. The zero-order valence-electron chi connectivity index (χ0n) is 17.8. The van der Waals surface area contributed by atoms with Gasteiger partial charge in [0.25, 0.3) is 0 Å². The summed E-state index contributed by atoms with van der Waals surface area (Å²) in [5, 5.41) is 17.5. The first kappa shape index (κ1) is 20.8. The number of anilines is 1. The highest BCUT2D eigenvalue weighted by Gasteiger charge is 2.24. The van der Waals surface area contributed by atoms with E-state index in [1.54, 1.807) is 11.3 Å². The number of hydrogen-bond donors (Lipinski definition) is 2. The Kier molecular flexibility index (Phi) is 6.45. The molecule has 1 saturated heterocycles. The zero-order chi connectivity index (χ0) is 21.0. The largest absolute Gasteiger partial charge is 0.391 e. The number of morpholine rings is 1. The normalized spacial score (nSPS) is 19.1. The molecule has 1 aromatic carbocycles. The van der Waals surface area contributed by atoms with Crippen LogP contribution in [0.15, 0.2) is 35.7 Å². The molecule has 0 bridgehead atoms. The van der Waals surface area contributed by atoms with Crippen molar-refractivity contribution in [3.05, 3.63) is 41.5 Å². The summed E-state index contributed by atoms with van der Waals surface area (Å²) in [5.74, 6) is 2.06. The van der Waals surface area contributed by atoms with Crippen molar-refractivity contribution < 1.29 is 9.84 Å². The molecule has 7 heteroatoms. The van der Waals surface area contributed by atoms with Gasteiger partial charge >= 0.3 is 0 Å². The Labute approximate surface area is 187 Å². The fourth-order valence-corrected chi connectivity index (χ4v) is 5.65. The lowest BCUT2D eigenvalue weighted by molar-refractivity contribution is 0.0331. The molecule has 2 fully saturated rings. The third kappa shape index (κ3) is 4.75. The van der Waals surface area contributed by atoms with E-state index in [0.29, 0.717) is 12.5 Å². The van der Waals surface area contributed by atoms with Crippen LogP contribution in [0.1, 0.15) is 31.5 Å². The molecule has 2 aliphatic rings. The molecule has 5 rings (SSSR count). The van der Waals surface area contributed by atoms with Crippen LogP contribution in [0.3, 0.4) is 0 Å². The Morgan fingerprint density at radius 1 is 1.13 bits per heavy atom. The summed E-state index contributed by atoms with van der Waals surface area (Å²) in [6.45, 7) is 4.58. The maximum absolute atomic E-state index is 10.7. The highest BCUT2D eigenvalue weighted by molar-refractivity contribution is 7.17. The number of nitrogens with one attached hydrogen (secondary N) is 1. The molecular weight excluding hydrogens is 408 g/mol. The van der Waals surface area contributed by atoms with E-state index in [4.69, 9.17) is 14.7 Å². The van der Waals surface area contributed by atoms with E-state index in [0.717, 1.165) is 78.7 Å². The highest BCUT2D eigenvalue weighted by atomic mass is 32.1. The second-order valence-corrected chi connectivity index (χ2v) is 9.42. The minimum atomic E-state index is -0.339. The predicted octanol–water partition coefficient (Wildman–Crippen LogP) is 4.15. The molecule has 1 atom stereocenters. The molecule has 3 aromatic rings. The van der Waals surface area contributed by atoms with Crippen LogP contribution in [-0.2, 0) is 11.3 Å². The minimum absolute atomic E-state index is 0.339. The highest BCUT2D eigenvalue weighted by Crippen LogP contribution is 2.37. The van der Waals surface area contributed by atoms with E-state index in [1.807, 2.05) is 6.07 Å². The number of aromatic nitrogens is 2. The van der Waals surface area contributed by atoms with Crippen molar-refractivity contribution in [3.63, 3.8) is 0 Å². The zero-order valence-corrected chi connectivity index (χ0v) is 18.6. The lowest BCUT2D eigenvalue weighted by Gasteiger charge is -2.26. The molecule has 164 valence electrons. The Morgan fingerprint density at radius 3 is 2.68 bits per heavy atom. The smallest absolute Gasteiger partial charge is 0.146 e. The number of aliphatic hydroxyl groups is 1. The number of nitrogens with zero attached hydrogens (tertiary/aromatic N) is 3. The number of ether oxygens (including phenoxy) is 1. The van der Waals surface area contributed by atoms with Gasteiger partial charge in [0.1, 0.15) is 16.5 Å². The summed E-state index contributed by atoms with van der Waals surface area (Å²) in [5.41, 5.74) is 2.31. The standard InChI is InChI=1S/C24H30N4O2S/c29-20(18-8-4-5-9-18)14-25-23-22-19(17-6-2-1-3-7-17)16-31-24(22)27-21(26-23)15-28-10-12-30-13-11-28/h1-3,6-7,16,18,20,29H,4-5,8-15H2,(H,25,26,27). The summed E-state index contributed by atoms with van der Waals surface area (Å²) in [6.07, 6.45) is 4.36. The maximum atomic E-state index is 10.7.